The molecule has 0 saturated carbocycles. The maximum atomic E-state index is 12.1. The smallest absolute Gasteiger partial charge is 0.308 e. The number of rotatable bonds is 8. The molecule has 0 aromatic heterocycles. The monoisotopic (exact) mass is 369 g/mol. The van der Waals surface area contributed by atoms with Crippen molar-refractivity contribution >= 4 is 22.6 Å². The third-order valence-corrected chi connectivity index (χ3v) is 5.20. The molecule has 1 saturated heterocycles. The second-order valence-corrected chi connectivity index (χ2v) is 7.41. The number of carbonyl (C=O) groups is 2. The molecule has 0 spiro atoms. The summed E-state index contributed by atoms with van der Waals surface area (Å²) in [6.45, 7) is 2.19. The van der Waals surface area contributed by atoms with Gasteiger partial charge < -0.3 is 15.2 Å². The van der Waals surface area contributed by atoms with Gasteiger partial charge in [0.15, 0.2) is 0 Å². The van der Waals surface area contributed by atoms with Gasteiger partial charge in [-0.2, -0.15) is 0 Å². The fourth-order valence-corrected chi connectivity index (χ4v) is 3.61. The van der Waals surface area contributed by atoms with E-state index in [2.05, 4.69) is 5.32 Å². The number of ether oxygens (including phenoxy) is 1. The van der Waals surface area contributed by atoms with E-state index in [4.69, 9.17) is 4.74 Å². The summed E-state index contributed by atoms with van der Waals surface area (Å²) in [6, 6.07) is 14.0. The number of aliphatic carboxylic acids is 1. The third kappa shape index (κ3) is 5.54. The second kappa shape index (κ2) is 9.00. The zero-order chi connectivity index (χ0) is 19.2. The van der Waals surface area contributed by atoms with E-state index in [1.807, 2.05) is 49.4 Å². The Labute approximate surface area is 159 Å². The normalized spacial score (nSPS) is 20.5. The van der Waals surface area contributed by atoms with Gasteiger partial charge in [0.2, 0.25) is 5.91 Å². The maximum Gasteiger partial charge on any atom is 0.308 e. The largest absolute Gasteiger partial charge is 0.481 e. The first-order chi connectivity index (χ1) is 13.0. The average molecular weight is 369 g/mol. The van der Waals surface area contributed by atoms with Gasteiger partial charge in [0.05, 0.1) is 18.1 Å². The Kier molecular flexibility index (Phi) is 6.45. The summed E-state index contributed by atoms with van der Waals surface area (Å²) in [7, 11) is 0. The lowest BCUT2D eigenvalue weighted by molar-refractivity contribution is -0.141. The van der Waals surface area contributed by atoms with Crippen LogP contribution in [0.5, 0.6) is 0 Å². The van der Waals surface area contributed by atoms with Crippen molar-refractivity contribution < 1.29 is 19.4 Å². The SMILES string of the molecule is CC1CCC(CCC(=O)NCC(Cc2ccc3ccccc3c2)C(=O)O)O1. The minimum Gasteiger partial charge on any atom is -0.481 e. The minimum atomic E-state index is -0.892. The number of carboxylic acid groups (broad SMARTS) is 1. The molecule has 0 bridgehead atoms. The molecule has 3 rings (SSSR count). The summed E-state index contributed by atoms with van der Waals surface area (Å²) in [5.74, 6) is -1.64. The zero-order valence-electron chi connectivity index (χ0n) is 15.7. The van der Waals surface area contributed by atoms with Crippen molar-refractivity contribution in [1.82, 2.24) is 5.32 Å². The Morgan fingerprint density at radius 2 is 1.96 bits per heavy atom. The van der Waals surface area contributed by atoms with Crippen LogP contribution in [0.2, 0.25) is 0 Å². The molecular weight excluding hydrogens is 342 g/mol. The predicted octanol–water partition coefficient (Wildman–Crippen LogP) is 3.55. The van der Waals surface area contributed by atoms with Crippen molar-refractivity contribution in [1.29, 1.82) is 0 Å². The van der Waals surface area contributed by atoms with Gasteiger partial charge in [-0.05, 0) is 48.9 Å². The number of benzene rings is 2. The van der Waals surface area contributed by atoms with E-state index in [1.165, 1.54) is 0 Å². The summed E-state index contributed by atoms with van der Waals surface area (Å²) in [4.78, 5) is 23.7. The van der Waals surface area contributed by atoms with Gasteiger partial charge in [0.1, 0.15) is 0 Å². The van der Waals surface area contributed by atoms with Crippen LogP contribution in [-0.2, 0) is 20.7 Å². The van der Waals surface area contributed by atoms with Crippen LogP contribution in [0.3, 0.4) is 0 Å². The Bertz CT molecular complexity index is 804. The van der Waals surface area contributed by atoms with Gasteiger partial charge in [-0.1, -0.05) is 42.5 Å². The fraction of sp³-hybridized carbons (Fsp3) is 0.455. The highest BCUT2D eigenvalue weighted by Gasteiger charge is 2.23. The molecule has 1 fully saturated rings. The van der Waals surface area contributed by atoms with E-state index in [1.54, 1.807) is 0 Å². The summed E-state index contributed by atoms with van der Waals surface area (Å²) >= 11 is 0. The number of hydrogen-bond acceptors (Lipinski definition) is 3. The van der Waals surface area contributed by atoms with Crippen LogP contribution in [0, 0.1) is 5.92 Å². The molecule has 0 radical (unpaired) electrons. The van der Waals surface area contributed by atoms with E-state index in [0.29, 0.717) is 19.3 Å². The molecule has 1 aliphatic rings. The fourth-order valence-electron chi connectivity index (χ4n) is 3.61. The molecule has 2 aromatic carbocycles. The summed E-state index contributed by atoms with van der Waals surface area (Å²) < 4.78 is 5.72. The summed E-state index contributed by atoms with van der Waals surface area (Å²) in [5.41, 5.74) is 0.962. The molecule has 3 unspecified atom stereocenters. The molecule has 3 atom stereocenters. The van der Waals surface area contributed by atoms with Gasteiger partial charge in [0.25, 0.3) is 0 Å². The lowest BCUT2D eigenvalue weighted by Crippen LogP contribution is -2.34. The minimum absolute atomic E-state index is 0.108. The highest BCUT2D eigenvalue weighted by molar-refractivity contribution is 5.83. The molecule has 5 heteroatoms. The number of fused-ring (bicyclic) bond motifs is 1. The zero-order valence-corrected chi connectivity index (χ0v) is 15.7. The van der Waals surface area contributed by atoms with E-state index in [-0.39, 0.29) is 24.7 Å². The molecule has 1 aliphatic heterocycles. The van der Waals surface area contributed by atoms with E-state index in [0.717, 1.165) is 29.2 Å². The molecule has 27 heavy (non-hydrogen) atoms. The molecule has 1 heterocycles. The molecular formula is C22H27NO4. The van der Waals surface area contributed by atoms with Crippen LogP contribution in [0.1, 0.15) is 38.2 Å². The molecule has 5 nitrogen and oxygen atoms in total. The lowest BCUT2D eigenvalue weighted by Gasteiger charge is -2.15. The van der Waals surface area contributed by atoms with E-state index >= 15 is 0 Å². The van der Waals surface area contributed by atoms with Crippen LogP contribution in [0.4, 0.5) is 0 Å². The highest BCUT2D eigenvalue weighted by atomic mass is 16.5. The molecule has 2 N–H and O–H groups in total. The van der Waals surface area contributed by atoms with E-state index in [9.17, 15) is 14.7 Å². The van der Waals surface area contributed by atoms with Crippen LogP contribution < -0.4 is 5.32 Å². The standard InChI is InChI=1S/C22H27NO4/c1-15-6-9-20(27-15)10-11-21(24)23-14-19(22(25)26)13-16-7-8-17-4-2-3-5-18(17)12-16/h2-5,7-8,12,15,19-20H,6,9-11,13-14H2,1H3,(H,23,24)(H,25,26). The van der Waals surface area contributed by atoms with Crippen LogP contribution in [-0.4, -0.2) is 35.7 Å². The quantitative estimate of drug-likeness (QED) is 0.746. The van der Waals surface area contributed by atoms with Crippen LogP contribution in [0.25, 0.3) is 10.8 Å². The third-order valence-electron chi connectivity index (χ3n) is 5.20. The molecule has 2 aromatic rings. The number of nitrogens with one attached hydrogen (secondary N) is 1. The van der Waals surface area contributed by atoms with Gasteiger partial charge in [0, 0.05) is 13.0 Å². The van der Waals surface area contributed by atoms with Crippen molar-refractivity contribution in [3.8, 4) is 0 Å². The highest BCUT2D eigenvalue weighted by Crippen LogP contribution is 2.22. The van der Waals surface area contributed by atoms with Gasteiger partial charge in [-0.25, -0.2) is 0 Å². The van der Waals surface area contributed by atoms with E-state index < -0.39 is 11.9 Å². The Morgan fingerprint density at radius 1 is 1.19 bits per heavy atom. The lowest BCUT2D eigenvalue weighted by atomic mass is 9.97. The Balaban J connectivity index is 1.50. The molecule has 144 valence electrons. The topological polar surface area (TPSA) is 75.6 Å². The second-order valence-electron chi connectivity index (χ2n) is 7.41. The van der Waals surface area contributed by atoms with Crippen LogP contribution in [0.15, 0.2) is 42.5 Å². The van der Waals surface area contributed by atoms with Crippen molar-refractivity contribution in [2.45, 2.75) is 51.2 Å². The number of carbonyl (C=O) groups excluding carboxylic acids is 1. The van der Waals surface area contributed by atoms with Crippen molar-refractivity contribution in [2.75, 3.05) is 6.54 Å². The van der Waals surface area contributed by atoms with Gasteiger partial charge in [-0.3, -0.25) is 9.59 Å². The first-order valence-electron chi connectivity index (χ1n) is 9.64. The van der Waals surface area contributed by atoms with Crippen molar-refractivity contribution in [2.24, 2.45) is 5.92 Å². The first-order valence-corrected chi connectivity index (χ1v) is 9.64. The Hall–Kier alpha value is -2.40. The van der Waals surface area contributed by atoms with Crippen molar-refractivity contribution in [3.63, 3.8) is 0 Å². The molecule has 0 aliphatic carbocycles. The summed E-state index contributed by atoms with van der Waals surface area (Å²) in [6.07, 6.45) is 3.92. The van der Waals surface area contributed by atoms with Gasteiger partial charge >= 0.3 is 5.97 Å². The average Bonchev–Trinajstić information content (AvgIpc) is 3.08. The number of carboxylic acids is 1. The van der Waals surface area contributed by atoms with Gasteiger partial charge in [-0.15, -0.1) is 0 Å². The summed E-state index contributed by atoms with van der Waals surface area (Å²) in [5, 5.41) is 14.5. The predicted molar refractivity (Wildman–Crippen MR) is 105 cm³/mol. The molecule has 1 amide bonds. The maximum absolute atomic E-state index is 12.1. The van der Waals surface area contributed by atoms with Crippen LogP contribution >= 0.6 is 0 Å². The van der Waals surface area contributed by atoms with Crippen molar-refractivity contribution in [3.05, 3.63) is 48.0 Å². The first kappa shape index (κ1) is 19.4. The number of hydrogen-bond donors (Lipinski definition) is 2. The Morgan fingerprint density at radius 3 is 2.67 bits per heavy atom. The number of amides is 1.